The molecule has 1 atom stereocenters. The number of esters is 1. The molecule has 3 rings (SSSR count). The Labute approximate surface area is 144 Å². The molecule has 0 saturated carbocycles. The number of nitrogens with zero attached hydrogens (tertiary/aromatic N) is 3. The number of nitrogens with two attached hydrogens (primary N) is 2. The Morgan fingerprint density at radius 3 is 2.72 bits per heavy atom. The summed E-state index contributed by atoms with van der Waals surface area (Å²) in [6, 6.07) is 9.13. The minimum Gasteiger partial charge on any atom is -0.466 e. The fraction of sp³-hybridized carbons (Fsp3) is 0.176. The summed E-state index contributed by atoms with van der Waals surface area (Å²) in [5.74, 6) is -0.593. The third kappa shape index (κ3) is 2.61. The van der Waals surface area contributed by atoms with Crippen LogP contribution < -0.4 is 16.8 Å². The van der Waals surface area contributed by atoms with E-state index in [0.717, 1.165) is 0 Å². The number of fused-ring (bicyclic) bond motifs is 1. The molecule has 5 N–H and O–H groups in total. The predicted octanol–water partition coefficient (Wildman–Crippen LogP) is 1.52. The summed E-state index contributed by atoms with van der Waals surface area (Å²) in [5, 5.41) is 12.5. The maximum atomic E-state index is 12.4. The average Bonchev–Trinajstić information content (AvgIpc) is 2.59. The first-order valence-electron chi connectivity index (χ1n) is 7.46. The van der Waals surface area contributed by atoms with Crippen LogP contribution in [0.2, 0.25) is 0 Å². The van der Waals surface area contributed by atoms with Crippen molar-refractivity contribution in [2.45, 2.75) is 12.8 Å². The van der Waals surface area contributed by atoms with E-state index in [1.54, 1.807) is 31.2 Å². The molecular formula is C17H16N6O2. The van der Waals surface area contributed by atoms with Crippen molar-refractivity contribution in [3.63, 3.8) is 0 Å². The highest BCUT2D eigenvalue weighted by atomic mass is 16.5. The van der Waals surface area contributed by atoms with Gasteiger partial charge in [0.05, 0.1) is 30.2 Å². The van der Waals surface area contributed by atoms with Crippen LogP contribution in [-0.4, -0.2) is 23.0 Å². The van der Waals surface area contributed by atoms with Crippen molar-refractivity contribution in [3.8, 4) is 6.07 Å². The Bertz CT molecular complexity index is 945. The van der Waals surface area contributed by atoms with Gasteiger partial charge in [-0.1, -0.05) is 18.2 Å². The van der Waals surface area contributed by atoms with Crippen LogP contribution >= 0.6 is 0 Å². The number of benzene rings is 1. The van der Waals surface area contributed by atoms with Gasteiger partial charge in [0.1, 0.15) is 11.6 Å². The first kappa shape index (κ1) is 16.3. The molecule has 1 aromatic carbocycles. The summed E-state index contributed by atoms with van der Waals surface area (Å²) in [7, 11) is 1.30. The lowest BCUT2D eigenvalue weighted by atomic mass is 9.80. The maximum Gasteiger partial charge on any atom is 0.336 e. The van der Waals surface area contributed by atoms with E-state index in [1.807, 2.05) is 0 Å². The molecule has 8 nitrogen and oxygen atoms in total. The predicted molar refractivity (Wildman–Crippen MR) is 92.2 cm³/mol. The van der Waals surface area contributed by atoms with Crippen LogP contribution in [0.25, 0.3) is 0 Å². The molecule has 25 heavy (non-hydrogen) atoms. The second-order valence-corrected chi connectivity index (χ2v) is 5.52. The number of rotatable bonds is 2. The summed E-state index contributed by atoms with van der Waals surface area (Å²) in [5.41, 5.74) is 14.2. The Balaban J connectivity index is 2.35. The van der Waals surface area contributed by atoms with Gasteiger partial charge in [0.15, 0.2) is 0 Å². The summed E-state index contributed by atoms with van der Waals surface area (Å²) in [6.07, 6.45) is 0. The van der Waals surface area contributed by atoms with Gasteiger partial charge in [-0.25, -0.2) is 4.79 Å². The quantitative estimate of drug-likeness (QED) is 0.701. The largest absolute Gasteiger partial charge is 0.466 e. The number of carbonyl (C=O) groups excluding carboxylic acids is 1. The van der Waals surface area contributed by atoms with Gasteiger partial charge in [0.2, 0.25) is 5.95 Å². The van der Waals surface area contributed by atoms with Crippen molar-refractivity contribution >= 4 is 23.6 Å². The topological polar surface area (TPSA) is 140 Å². The van der Waals surface area contributed by atoms with Crippen LogP contribution in [0, 0.1) is 11.3 Å². The highest BCUT2D eigenvalue weighted by molar-refractivity contribution is 5.95. The lowest BCUT2D eigenvalue weighted by Crippen LogP contribution is -2.26. The highest BCUT2D eigenvalue weighted by Crippen LogP contribution is 2.44. The first-order valence-corrected chi connectivity index (χ1v) is 7.46. The zero-order chi connectivity index (χ0) is 18.1. The van der Waals surface area contributed by atoms with Gasteiger partial charge in [-0.3, -0.25) is 0 Å². The summed E-state index contributed by atoms with van der Waals surface area (Å²) in [4.78, 5) is 20.6. The molecule has 1 aromatic heterocycles. The maximum absolute atomic E-state index is 12.4. The number of nitriles is 1. The molecule has 0 amide bonds. The standard InChI is InChI=1S/C17H16N6O2/c1-8-11(16(24)25-2)12(10-6-4-3-5-9(10)7-18)13-14(19)22-17(20)23-15(13)21-8/h3-6,12H,1-2H3,(H5,19,20,21,22,23). The normalized spacial score (nSPS) is 15.8. The molecule has 1 unspecified atom stereocenters. The zero-order valence-corrected chi connectivity index (χ0v) is 13.7. The monoisotopic (exact) mass is 336 g/mol. The number of methoxy groups -OCH3 is 1. The van der Waals surface area contributed by atoms with Crippen molar-refractivity contribution in [2.75, 3.05) is 23.9 Å². The molecule has 1 aliphatic rings. The van der Waals surface area contributed by atoms with E-state index < -0.39 is 11.9 Å². The van der Waals surface area contributed by atoms with Gasteiger partial charge < -0.3 is 21.5 Å². The number of hydrogen-bond donors (Lipinski definition) is 3. The van der Waals surface area contributed by atoms with Crippen molar-refractivity contribution in [3.05, 3.63) is 52.2 Å². The van der Waals surface area contributed by atoms with E-state index in [4.69, 9.17) is 16.2 Å². The van der Waals surface area contributed by atoms with Crippen LogP contribution in [0.5, 0.6) is 0 Å². The van der Waals surface area contributed by atoms with Crippen LogP contribution in [-0.2, 0) is 9.53 Å². The van der Waals surface area contributed by atoms with E-state index in [1.165, 1.54) is 7.11 Å². The SMILES string of the molecule is COC(=O)C1=C(C)Nc2nc(N)nc(N)c2C1c1ccccc1C#N. The van der Waals surface area contributed by atoms with Crippen molar-refractivity contribution < 1.29 is 9.53 Å². The number of carbonyl (C=O) groups is 1. The Kier molecular flexibility index (Phi) is 3.99. The van der Waals surface area contributed by atoms with Crippen molar-refractivity contribution in [2.24, 2.45) is 0 Å². The molecule has 0 spiro atoms. The third-order valence-electron chi connectivity index (χ3n) is 4.08. The molecule has 0 bridgehead atoms. The molecule has 2 aromatic rings. The molecule has 0 radical (unpaired) electrons. The van der Waals surface area contributed by atoms with E-state index >= 15 is 0 Å². The lowest BCUT2D eigenvalue weighted by Gasteiger charge is -2.30. The van der Waals surface area contributed by atoms with Gasteiger partial charge in [-0.05, 0) is 18.6 Å². The fourth-order valence-electron chi connectivity index (χ4n) is 3.03. The molecule has 0 aliphatic carbocycles. The van der Waals surface area contributed by atoms with Crippen LogP contribution in [0.1, 0.15) is 29.5 Å². The number of nitrogens with one attached hydrogen (secondary N) is 1. The molecule has 2 heterocycles. The first-order chi connectivity index (χ1) is 12.0. The van der Waals surface area contributed by atoms with E-state index in [-0.39, 0.29) is 11.8 Å². The van der Waals surface area contributed by atoms with Crippen molar-refractivity contribution in [1.82, 2.24) is 9.97 Å². The highest BCUT2D eigenvalue weighted by Gasteiger charge is 2.37. The fourth-order valence-corrected chi connectivity index (χ4v) is 3.03. The smallest absolute Gasteiger partial charge is 0.336 e. The Morgan fingerprint density at radius 2 is 2.04 bits per heavy atom. The van der Waals surface area contributed by atoms with Gasteiger partial charge in [0.25, 0.3) is 0 Å². The number of aromatic nitrogens is 2. The number of allylic oxidation sites excluding steroid dienone is 1. The van der Waals surface area contributed by atoms with Crippen LogP contribution in [0.15, 0.2) is 35.5 Å². The van der Waals surface area contributed by atoms with Gasteiger partial charge in [-0.2, -0.15) is 15.2 Å². The van der Waals surface area contributed by atoms with Crippen molar-refractivity contribution in [1.29, 1.82) is 5.26 Å². The summed E-state index contributed by atoms with van der Waals surface area (Å²) in [6.45, 7) is 1.73. The van der Waals surface area contributed by atoms with Crippen LogP contribution in [0.3, 0.4) is 0 Å². The number of nitrogen functional groups attached to an aromatic ring is 2. The van der Waals surface area contributed by atoms with Gasteiger partial charge in [-0.15, -0.1) is 0 Å². The van der Waals surface area contributed by atoms with E-state index in [2.05, 4.69) is 21.4 Å². The Morgan fingerprint density at radius 1 is 1.32 bits per heavy atom. The summed E-state index contributed by atoms with van der Waals surface area (Å²) < 4.78 is 4.94. The molecule has 0 saturated heterocycles. The van der Waals surface area contributed by atoms with Crippen LogP contribution in [0.4, 0.5) is 17.6 Å². The summed E-state index contributed by atoms with van der Waals surface area (Å²) >= 11 is 0. The minimum atomic E-state index is -0.639. The van der Waals surface area contributed by atoms with Gasteiger partial charge in [0, 0.05) is 11.3 Å². The molecular weight excluding hydrogens is 320 g/mol. The zero-order valence-electron chi connectivity index (χ0n) is 13.7. The molecule has 126 valence electrons. The van der Waals surface area contributed by atoms with E-state index in [9.17, 15) is 10.1 Å². The number of anilines is 3. The molecule has 1 aliphatic heterocycles. The number of ether oxygens (including phenoxy) is 1. The molecule has 8 heteroatoms. The molecule has 0 fully saturated rings. The van der Waals surface area contributed by atoms with Gasteiger partial charge >= 0.3 is 5.97 Å². The van der Waals surface area contributed by atoms with E-state index in [0.29, 0.717) is 33.8 Å². The minimum absolute atomic E-state index is 0.0189. The second kappa shape index (κ2) is 6.13. The average molecular weight is 336 g/mol. The Hall–Kier alpha value is -3.60. The second-order valence-electron chi connectivity index (χ2n) is 5.52. The third-order valence-corrected chi connectivity index (χ3v) is 4.08. The number of hydrogen-bond acceptors (Lipinski definition) is 8. The lowest BCUT2D eigenvalue weighted by molar-refractivity contribution is -0.136.